The summed E-state index contributed by atoms with van der Waals surface area (Å²) in [5.41, 5.74) is 0.989. The predicted octanol–water partition coefficient (Wildman–Crippen LogP) is 1.89. The molecule has 11 heteroatoms. The highest BCUT2D eigenvalue weighted by molar-refractivity contribution is 7.89. The van der Waals surface area contributed by atoms with Gasteiger partial charge in [-0.3, -0.25) is 4.79 Å². The zero-order valence-electron chi connectivity index (χ0n) is 14.7. The average molecular weight is 413 g/mol. The number of carboxylic acid groups (broad SMARTS) is 1. The summed E-state index contributed by atoms with van der Waals surface area (Å²) in [5, 5.41) is 14.5. The van der Waals surface area contributed by atoms with Gasteiger partial charge in [-0.15, -0.1) is 0 Å². The number of thiazole rings is 1. The van der Waals surface area contributed by atoms with Crippen molar-refractivity contribution in [3.63, 3.8) is 0 Å². The number of carbonyl (C=O) groups excluding carboxylic acids is 1. The number of aromatic nitrogens is 1. The molecule has 0 spiro atoms. The zero-order valence-corrected chi connectivity index (χ0v) is 16.3. The van der Waals surface area contributed by atoms with Crippen LogP contribution in [0.5, 0.6) is 0 Å². The SMILES string of the molecule is CCOC(=O)c1sc(N(CCC(=O)O)c2ccc(S(N)(=O)=O)cc2)nc1C. The molecule has 1 heterocycles. The van der Waals surface area contributed by atoms with Crippen molar-refractivity contribution in [2.45, 2.75) is 25.2 Å². The maximum atomic E-state index is 12.0. The van der Waals surface area contributed by atoms with Gasteiger partial charge in [-0.25, -0.2) is 23.3 Å². The molecule has 146 valence electrons. The number of rotatable bonds is 8. The van der Waals surface area contributed by atoms with E-state index in [2.05, 4.69) is 4.98 Å². The monoisotopic (exact) mass is 413 g/mol. The second-order valence-corrected chi connectivity index (χ2v) is 8.00. The molecule has 9 nitrogen and oxygen atoms in total. The highest BCUT2D eigenvalue weighted by atomic mass is 32.2. The van der Waals surface area contributed by atoms with Crippen molar-refractivity contribution in [1.82, 2.24) is 4.98 Å². The summed E-state index contributed by atoms with van der Waals surface area (Å²) in [7, 11) is -3.84. The lowest BCUT2D eigenvalue weighted by atomic mass is 10.3. The molecule has 0 saturated carbocycles. The minimum Gasteiger partial charge on any atom is -0.481 e. The van der Waals surface area contributed by atoms with Crippen LogP contribution in [0.3, 0.4) is 0 Å². The molecule has 3 N–H and O–H groups in total. The van der Waals surface area contributed by atoms with Crippen LogP contribution in [0.1, 0.15) is 28.7 Å². The lowest BCUT2D eigenvalue weighted by Crippen LogP contribution is -2.21. The zero-order chi connectivity index (χ0) is 20.2. The van der Waals surface area contributed by atoms with Gasteiger partial charge in [-0.1, -0.05) is 11.3 Å². The molecule has 0 fully saturated rings. The summed E-state index contributed by atoms with van der Waals surface area (Å²) >= 11 is 1.08. The van der Waals surface area contributed by atoms with Crippen molar-refractivity contribution in [1.29, 1.82) is 0 Å². The Morgan fingerprint density at radius 3 is 2.44 bits per heavy atom. The highest BCUT2D eigenvalue weighted by Crippen LogP contribution is 2.32. The molecule has 0 aliphatic heterocycles. The number of sulfonamides is 1. The molecule has 0 amide bonds. The Morgan fingerprint density at radius 1 is 1.30 bits per heavy atom. The van der Waals surface area contributed by atoms with E-state index in [9.17, 15) is 18.0 Å². The van der Waals surface area contributed by atoms with Gasteiger partial charge in [0, 0.05) is 12.2 Å². The van der Waals surface area contributed by atoms with Crippen molar-refractivity contribution in [3.8, 4) is 0 Å². The number of aliphatic carboxylic acids is 1. The Bertz CT molecular complexity index is 938. The molecule has 0 bridgehead atoms. The van der Waals surface area contributed by atoms with Crippen LogP contribution in [-0.2, 0) is 19.6 Å². The van der Waals surface area contributed by atoms with E-state index in [4.69, 9.17) is 15.0 Å². The first-order chi connectivity index (χ1) is 12.6. The smallest absolute Gasteiger partial charge is 0.350 e. The standard InChI is InChI=1S/C16H19N3O6S2/c1-3-25-15(22)14-10(2)18-16(26-14)19(9-8-13(20)21)11-4-6-12(7-5-11)27(17,23)24/h4-7H,3,8-9H2,1-2H3,(H,20,21)(H2,17,23,24). The van der Waals surface area contributed by atoms with Gasteiger partial charge in [-0.2, -0.15) is 0 Å². The molecule has 2 rings (SSSR count). The molecule has 0 aliphatic rings. The number of benzene rings is 1. The molecule has 0 atom stereocenters. The Hall–Kier alpha value is -2.50. The quantitative estimate of drug-likeness (QED) is 0.625. The van der Waals surface area contributed by atoms with Crippen molar-refractivity contribution in [3.05, 3.63) is 34.8 Å². The van der Waals surface area contributed by atoms with Crippen molar-refractivity contribution >= 4 is 44.1 Å². The first kappa shape index (κ1) is 20.8. The van der Waals surface area contributed by atoms with Crippen LogP contribution in [-0.4, -0.2) is 43.6 Å². The van der Waals surface area contributed by atoms with Crippen LogP contribution in [0.25, 0.3) is 0 Å². The second-order valence-electron chi connectivity index (χ2n) is 5.47. The van der Waals surface area contributed by atoms with Gasteiger partial charge < -0.3 is 14.7 Å². The Kier molecular flexibility index (Phi) is 6.52. The van der Waals surface area contributed by atoms with Gasteiger partial charge in [0.15, 0.2) is 5.13 Å². The summed E-state index contributed by atoms with van der Waals surface area (Å²) in [5.74, 6) is -1.50. The Labute approximate surface area is 160 Å². The number of carbonyl (C=O) groups is 2. The van der Waals surface area contributed by atoms with E-state index in [1.165, 1.54) is 24.3 Å². The third kappa shape index (κ3) is 5.25. The van der Waals surface area contributed by atoms with E-state index in [1.807, 2.05) is 0 Å². The van der Waals surface area contributed by atoms with E-state index >= 15 is 0 Å². The fraction of sp³-hybridized carbons (Fsp3) is 0.312. The molecule has 0 saturated heterocycles. The second kappa shape index (κ2) is 8.46. The van der Waals surface area contributed by atoms with Crippen LogP contribution in [0, 0.1) is 6.92 Å². The van der Waals surface area contributed by atoms with Crippen LogP contribution < -0.4 is 10.0 Å². The third-order valence-electron chi connectivity index (χ3n) is 3.50. The van der Waals surface area contributed by atoms with Gasteiger partial charge in [0.05, 0.1) is 23.6 Å². The van der Waals surface area contributed by atoms with E-state index in [0.29, 0.717) is 21.4 Å². The maximum Gasteiger partial charge on any atom is 0.350 e. The fourth-order valence-electron chi connectivity index (χ4n) is 2.24. The molecule has 1 aromatic carbocycles. The minimum absolute atomic E-state index is 0.0630. The van der Waals surface area contributed by atoms with Crippen LogP contribution in [0.15, 0.2) is 29.2 Å². The lowest BCUT2D eigenvalue weighted by Gasteiger charge is -2.21. The van der Waals surface area contributed by atoms with E-state index in [-0.39, 0.29) is 24.5 Å². The third-order valence-corrected chi connectivity index (χ3v) is 5.59. The topological polar surface area (TPSA) is 140 Å². The van der Waals surface area contributed by atoms with Crippen molar-refractivity contribution in [2.24, 2.45) is 5.14 Å². The number of nitrogens with two attached hydrogens (primary N) is 1. The summed E-state index contributed by atoms with van der Waals surface area (Å²) in [6.45, 7) is 3.66. The van der Waals surface area contributed by atoms with E-state index in [1.54, 1.807) is 18.7 Å². The largest absolute Gasteiger partial charge is 0.481 e. The van der Waals surface area contributed by atoms with Gasteiger partial charge in [0.1, 0.15) is 4.88 Å². The predicted molar refractivity (Wildman–Crippen MR) is 99.9 cm³/mol. The van der Waals surface area contributed by atoms with Gasteiger partial charge >= 0.3 is 11.9 Å². The molecule has 2 aromatic rings. The fourth-order valence-corrected chi connectivity index (χ4v) is 3.77. The van der Waals surface area contributed by atoms with E-state index < -0.39 is 22.0 Å². The summed E-state index contributed by atoms with van der Waals surface area (Å²) < 4.78 is 27.8. The van der Waals surface area contributed by atoms with Gasteiger partial charge in [0.25, 0.3) is 0 Å². The first-order valence-corrected chi connectivity index (χ1v) is 10.3. The number of aryl methyl sites for hydroxylation is 1. The highest BCUT2D eigenvalue weighted by Gasteiger charge is 2.22. The number of primary sulfonamides is 1. The molecule has 0 aliphatic carbocycles. The summed E-state index contributed by atoms with van der Waals surface area (Å²) in [4.78, 5) is 29.2. The number of hydrogen-bond acceptors (Lipinski definition) is 8. The Morgan fingerprint density at radius 2 is 1.93 bits per heavy atom. The number of nitrogens with zero attached hydrogens (tertiary/aromatic N) is 2. The molecular weight excluding hydrogens is 394 g/mol. The average Bonchev–Trinajstić information content (AvgIpc) is 2.96. The van der Waals surface area contributed by atoms with Crippen molar-refractivity contribution in [2.75, 3.05) is 18.1 Å². The normalized spacial score (nSPS) is 11.2. The number of carboxylic acids is 1. The molecule has 0 radical (unpaired) electrons. The molecule has 0 unspecified atom stereocenters. The summed E-state index contributed by atoms with van der Waals surface area (Å²) in [6, 6.07) is 5.65. The summed E-state index contributed by atoms with van der Waals surface area (Å²) in [6.07, 6.45) is -0.176. The van der Waals surface area contributed by atoms with Crippen molar-refractivity contribution < 1.29 is 27.9 Å². The van der Waals surface area contributed by atoms with Crippen LogP contribution >= 0.6 is 11.3 Å². The lowest BCUT2D eigenvalue weighted by molar-refractivity contribution is -0.136. The van der Waals surface area contributed by atoms with E-state index in [0.717, 1.165) is 11.3 Å². The molecular formula is C16H19N3O6S2. The number of hydrogen-bond donors (Lipinski definition) is 2. The number of anilines is 2. The van der Waals surface area contributed by atoms with Gasteiger partial charge in [-0.05, 0) is 38.1 Å². The molecule has 27 heavy (non-hydrogen) atoms. The van der Waals surface area contributed by atoms with Crippen LogP contribution in [0.4, 0.5) is 10.8 Å². The maximum absolute atomic E-state index is 12.0. The Balaban J connectivity index is 2.42. The number of esters is 1. The first-order valence-electron chi connectivity index (χ1n) is 7.90. The van der Waals surface area contributed by atoms with Gasteiger partial charge in [0.2, 0.25) is 10.0 Å². The minimum atomic E-state index is -3.84. The van der Waals surface area contributed by atoms with Crippen LogP contribution in [0.2, 0.25) is 0 Å². The molecule has 1 aromatic heterocycles. The number of ether oxygens (including phenoxy) is 1.